The molecular formula is C18H19N3O2S. The first kappa shape index (κ1) is 16.5. The highest BCUT2D eigenvalue weighted by Gasteiger charge is 2.32. The van der Waals surface area contributed by atoms with Crippen LogP contribution in [0.5, 0.6) is 0 Å². The van der Waals surface area contributed by atoms with E-state index in [-0.39, 0.29) is 23.8 Å². The molecule has 3 rings (SSSR count). The molecule has 0 fully saturated rings. The number of aryl methyl sites for hydroxylation is 1. The fraction of sp³-hybridized carbons (Fsp3) is 0.278. The summed E-state index contributed by atoms with van der Waals surface area (Å²) < 4.78 is 1.78. The van der Waals surface area contributed by atoms with Crippen LogP contribution < -0.4 is 10.9 Å². The van der Waals surface area contributed by atoms with Crippen LogP contribution in [0.1, 0.15) is 29.0 Å². The van der Waals surface area contributed by atoms with E-state index in [0.717, 1.165) is 11.1 Å². The SMILES string of the molecule is C=CCSc1nc(=O)c2c(n1C)NC(=O)C[C@@H]2c1ccccc1C. The van der Waals surface area contributed by atoms with Crippen LogP contribution in [0.4, 0.5) is 5.82 Å². The average Bonchev–Trinajstić information content (AvgIpc) is 2.56. The van der Waals surface area contributed by atoms with Gasteiger partial charge < -0.3 is 9.88 Å². The van der Waals surface area contributed by atoms with Gasteiger partial charge >= 0.3 is 0 Å². The highest BCUT2D eigenvalue weighted by Crippen LogP contribution is 2.36. The standard InChI is InChI=1S/C18H19N3O2S/c1-4-9-24-18-20-17(23)15-13(12-8-6-5-7-11(12)2)10-14(22)19-16(15)21(18)3/h4-8,13H,1,9-10H2,2-3H3,(H,19,22)/t13-/m1/s1. The fourth-order valence-corrected chi connectivity index (χ4v) is 3.74. The number of nitrogens with zero attached hydrogens (tertiary/aromatic N) is 2. The first-order chi connectivity index (χ1) is 11.5. The van der Waals surface area contributed by atoms with E-state index >= 15 is 0 Å². The van der Waals surface area contributed by atoms with Gasteiger partial charge in [0.1, 0.15) is 5.82 Å². The topological polar surface area (TPSA) is 64.0 Å². The highest BCUT2D eigenvalue weighted by atomic mass is 32.2. The Balaban J connectivity index is 2.18. The number of anilines is 1. The molecule has 1 aliphatic heterocycles. The molecule has 1 atom stereocenters. The van der Waals surface area contributed by atoms with Crippen molar-refractivity contribution in [3.63, 3.8) is 0 Å². The van der Waals surface area contributed by atoms with E-state index in [1.54, 1.807) is 10.6 Å². The summed E-state index contributed by atoms with van der Waals surface area (Å²) in [5.74, 6) is 0.844. The average molecular weight is 341 g/mol. The predicted octanol–water partition coefficient (Wildman–Crippen LogP) is 2.84. The number of aromatic nitrogens is 2. The zero-order valence-electron chi connectivity index (χ0n) is 13.7. The lowest BCUT2D eigenvalue weighted by molar-refractivity contribution is -0.116. The van der Waals surface area contributed by atoms with E-state index in [2.05, 4.69) is 16.9 Å². The third kappa shape index (κ3) is 2.89. The normalized spacial score (nSPS) is 16.4. The van der Waals surface area contributed by atoms with Gasteiger partial charge in [0.25, 0.3) is 5.56 Å². The third-order valence-corrected chi connectivity index (χ3v) is 5.22. The minimum absolute atomic E-state index is 0.0865. The molecule has 1 aromatic heterocycles. The van der Waals surface area contributed by atoms with Gasteiger partial charge in [0.05, 0.1) is 5.56 Å². The molecule has 2 aromatic rings. The van der Waals surface area contributed by atoms with Gasteiger partial charge in [-0.3, -0.25) is 9.59 Å². The molecule has 0 unspecified atom stereocenters. The Hall–Kier alpha value is -2.34. The van der Waals surface area contributed by atoms with E-state index in [1.165, 1.54) is 11.8 Å². The van der Waals surface area contributed by atoms with Crippen molar-refractivity contribution in [2.75, 3.05) is 11.1 Å². The molecule has 6 heteroatoms. The second kappa shape index (κ2) is 6.65. The van der Waals surface area contributed by atoms with Crippen LogP contribution in [0.25, 0.3) is 0 Å². The number of rotatable bonds is 4. The number of carbonyl (C=O) groups excluding carboxylic acids is 1. The van der Waals surface area contributed by atoms with Gasteiger partial charge in [-0.2, -0.15) is 4.98 Å². The summed E-state index contributed by atoms with van der Waals surface area (Å²) in [6, 6.07) is 7.85. The lowest BCUT2D eigenvalue weighted by Gasteiger charge is -2.28. The Morgan fingerprint density at radius 1 is 1.42 bits per heavy atom. The molecule has 1 aromatic carbocycles. The maximum atomic E-state index is 12.7. The fourth-order valence-electron chi connectivity index (χ4n) is 3.04. The number of benzene rings is 1. The van der Waals surface area contributed by atoms with Crippen LogP contribution in [0.15, 0.2) is 46.9 Å². The van der Waals surface area contributed by atoms with Gasteiger partial charge in [0.2, 0.25) is 5.91 Å². The molecular weight excluding hydrogens is 322 g/mol. The minimum atomic E-state index is -0.275. The number of nitrogens with one attached hydrogen (secondary N) is 1. The monoisotopic (exact) mass is 341 g/mol. The zero-order chi connectivity index (χ0) is 17.3. The Bertz CT molecular complexity index is 873. The number of thioether (sulfide) groups is 1. The molecule has 0 saturated carbocycles. The van der Waals surface area contributed by atoms with Crippen LogP contribution in [0.2, 0.25) is 0 Å². The Morgan fingerprint density at radius 3 is 2.88 bits per heavy atom. The van der Waals surface area contributed by atoms with Crippen molar-refractivity contribution < 1.29 is 4.79 Å². The van der Waals surface area contributed by atoms with Gasteiger partial charge in [0.15, 0.2) is 5.16 Å². The molecule has 1 amide bonds. The molecule has 0 aliphatic carbocycles. The molecule has 2 heterocycles. The van der Waals surface area contributed by atoms with E-state index in [1.807, 2.05) is 38.2 Å². The number of amides is 1. The highest BCUT2D eigenvalue weighted by molar-refractivity contribution is 7.99. The van der Waals surface area contributed by atoms with E-state index in [9.17, 15) is 9.59 Å². The van der Waals surface area contributed by atoms with Gasteiger partial charge in [-0.1, -0.05) is 42.1 Å². The molecule has 0 radical (unpaired) electrons. The summed E-state index contributed by atoms with van der Waals surface area (Å²) in [4.78, 5) is 29.2. The maximum Gasteiger partial charge on any atom is 0.279 e. The van der Waals surface area contributed by atoms with Crippen molar-refractivity contribution in [2.24, 2.45) is 7.05 Å². The van der Waals surface area contributed by atoms with Crippen LogP contribution in [-0.4, -0.2) is 21.2 Å². The second-order valence-electron chi connectivity index (χ2n) is 5.78. The smallest absolute Gasteiger partial charge is 0.279 e. The van der Waals surface area contributed by atoms with Crippen molar-refractivity contribution in [1.29, 1.82) is 0 Å². The summed E-state index contributed by atoms with van der Waals surface area (Å²) in [5, 5.41) is 3.42. The summed E-state index contributed by atoms with van der Waals surface area (Å²) in [7, 11) is 1.82. The lowest BCUT2D eigenvalue weighted by Crippen LogP contribution is -2.33. The first-order valence-corrected chi connectivity index (χ1v) is 8.71. The quantitative estimate of drug-likeness (QED) is 0.528. The maximum absolute atomic E-state index is 12.7. The van der Waals surface area contributed by atoms with Gasteiger partial charge in [-0.15, -0.1) is 6.58 Å². The van der Waals surface area contributed by atoms with E-state index < -0.39 is 0 Å². The van der Waals surface area contributed by atoms with Gasteiger partial charge in [-0.05, 0) is 18.1 Å². The lowest BCUT2D eigenvalue weighted by atomic mass is 9.84. The van der Waals surface area contributed by atoms with E-state index in [0.29, 0.717) is 22.3 Å². The van der Waals surface area contributed by atoms with Crippen LogP contribution in [0, 0.1) is 6.92 Å². The summed E-state index contributed by atoms with van der Waals surface area (Å²) in [5.41, 5.74) is 2.35. The summed E-state index contributed by atoms with van der Waals surface area (Å²) in [6.45, 7) is 5.68. The van der Waals surface area contributed by atoms with Crippen LogP contribution in [0.3, 0.4) is 0 Å². The first-order valence-electron chi connectivity index (χ1n) is 7.73. The van der Waals surface area contributed by atoms with Gasteiger partial charge in [-0.25, -0.2) is 0 Å². The molecule has 124 valence electrons. The van der Waals surface area contributed by atoms with Crippen LogP contribution in [-0.2, 0) is 11.8 Å². The van der Waals surface area contributed by atoms with Crippen molar-refractivity contribution >= 4 is 23.5 Å². The second-order valence-corrected chi connectivity index (χ2v) is 6.77. The molecule has 0 bridgehead atoms. The van der Waals surface area contributed by atoms with Gasteiger partial charge in [0, 0.05) is 25.1 Å². The summed E-state index contributed by atoms with van der Waals surface area (Å²) in [6.07, 6.45) is 2.01. The Kier molecular flexibility index (Phi) is 4.57. The minimum Gasteiger partial charge on any atom is -0.312 e. The van der Waals surface area contributed by atoms with Crippen molar-refractivity contribution in [2.45, 2.75) is 24.4 Å². The predicted molar refractivity (Wildman–Crippen MR) is 96.7 cm³/mol. The number of hydrogen-bond acceptors (Lipinski definition) is 4. The molecule has 0 saturated heterocycles. The van der Waals surface area contributed by atoms with Crippen molar-refractivity contribution in [3.8, 4) is 0 Å². The van der Waals surface area contributed by atoms with E-state index in [4.69, 9.17) is 0 Å². The number of carbonyl (C=O) groups is 1. The molecule has 5 nitrogen and oxygen atoms in total. The Labute approximate surface area is 144 Å². The number of fused-ring (bicyclic) bond motifs is 1. The number of hydrogen-bond donors (Lipinski definition) is 1. The molecule has 1 aliphatic rings. The molecule has 0 spiro atoms. The summed E-state index contributed by atoms with van der Waals surface area (Å²) >= 11 is 1.42. The third-order valence-electron chi connectivity index (χ3n) is 4.20. The van der Waals surface area contributed by atoms with Crippen LogP contribution >= 0.6 is 11.8 Å². The van der Waals surface area contributed by atoms with Crippen molar-refractivity contribution in [3.05, 3.63) is 64.0 Å². The largest absolute Gasteiger partial charge is 0.312 e. The zero-order valence-corrected chi connectivity index (χ0v) is 14.5. The molecule has 1 N–H and O–H groups in total. The van der Waals surface area contributed by atoms with Crippen molar-refractivity contribution in [1.82, 2.24) is 9.55 Å². The Morgan fingerprint density at radius 2 is 2.17 bits per heavy atom. The molecule has 24 heavy (non-hydrogen) atoms.